The maximum atomic E-state index is 4.03. The van der Waals surface area contributed by atoms with E-state index in [4.69, 9.17) is 0 Å². The summed E-state index contributed by atoms with van der Waals surface area (Å²) in [5.41, 5.74) is 1.71. The van der Waals surface area contributed by atoms with Crippen LogP contribution in [-0.4, -0.2) is 19.5 Å². The van der Waals surface area contributed by atoms with Gasteiger partial charge in [0, 0.05) is 7.05 Å². The molecule has 2 heterocycles. The Hall–Kier alpha value is -1.45. The molecule has 0 bridgehead atoms. The SMILES string of the molecule is C.C.C.C.C.C.C.C.C.Cn1cnc2ncncc21. The van der Waals surface area contributed by atoms with Crippen LogP contribution in [-0.2, 0) is 7.05 Å². The number of rotatable bonds is 0. The molecule has 0 unspecified atom stereocenters. The van der Waals surface area contributed by atoms with Crippen LogP contribution in [0.25, 0.3) is 11.2 Å². The highest BCUT2D eigenvalue weighted by atomic mass is 15.1. The molecule has 0 N–H and O–H groups in total. The van der Waals surface area contributed by atoms with Crippen LogP contribution in [0, 0.1) is 0 Å². The predicted molar refractivity (Wildman–Crippen MR) is 96.9 cm³/mol. The average Bonchev–Trinajstić information content (AvgIpc) is 2.34. The summed E-state index contributed by atoms with van der Waals surface area (Å²) in [6.45, 7) is 0. The second-order valence-electron chi connectivity index (χ2n) is 2.09. The monoisotopic (exact) mass is 278 g/mol. The number of hydrogen-bond donors (Lipinski definition) is 0. The fraction of sp³-hybridized carbons (Fsp3) is 0.667. The lowest BCUT2D eigenvalue weighted by molar-refractivity contribution is 0.944. The number of fused-ring (bicyclic) bond motifs is 1. The molecule has 0 aliphatic carbocycles. The van der Waals surface area contributed by atoms with Crippen molar-refractivity contribution in [3.05, 3.63) is 18.9 Å². The Morgan fingerprint density at radius 1 is 0.789 bits per heavy atom. The molecule has 4 nitrogen and oxygen atoms in total. The van der Waals surface area contributed by atoms with Crippen LogP contribution < -0.4 is 0 Å². The number of hydrogen-bond acceptors (Lipinski definition) is 3. The van der Waals surface area contributed by atoms with Gasteiger partial charge in [-0.3, -0.25) is 0 Å². The molecule has 122 valence electrons. The van der Waals surface area contributed by atoms with Gasteiger partial charge in [0.2, 0.25) is 0 Å². The molecule has 2 aromatic heterocycles. The summed E-state index contributed by atoms with van der Waals surface area (Å²) in [6.07, 6.45) is 4.96. The highest BCUT2D eigenvalue weighted by molar-refractivity contribution is 5.68. The second-order valence-corrected chi connectivity index (χ2v) is 2.09. The molecule has 2 rings (SSSR count). The highest BCUT2D eigenvalue weighted by Gasteiger charge is 1.96. The van der Waals surface area contributed by atoms with E-state index in [0.717, 1.165) is 11.2 Å². The lowest BCUT2D eigenvalue weighted by Gasteiger charge is -1.88. The van der Waals surface area contributed by atoms with Crippen molar-refractivity contribution in [3.63, 3.8) is 0 Å². The minimum Gasteiger partial charge on any atom is -0.331 e. The van der Waals surface area contributed by atoms with Crippen molar-refractivity contribution >= 4 is 11.2 Å². The zero-order valence-corrected chi connectivity index (χ0v) is 5.52. The van der Waals surface area contributed by atoms with Gasteiger partial charge in [0.25, 0.3) is 0 Å². The lowest BCUT2D eigenvalue weighted by Crippen LogP contribution is -1.85. The molecule has 0 aromatic carbocycles. The standard InChI is InChI=1S/C6H6N4.9CH4/c1-10-4-9-6-5(10)2-7-3-8-6;;;;;;;;;/h2-4H,1H3;9*1H4. The molecule has 19 heavy (non-hydrogen) atoms. The van der Waals surface area contributed by atoms with E-state index < -0.39 is 0 Å². The zero-order chi connectivity index (χ0) is 6.97. The third-order valence-corrected chi connectivity index (χ3v) is 1.41. The van der Waals surface area contributed by atoms with Crippen molar-refractivity contribution in [3.8, 4) is 0 Å². The van der Waals surface area contributed by atoms with Gasteiger partial charge in [0.15, 0.2) is 5.65 Å². The van der Waals surface area contributed by atoms with E-state index in [1.165, 1.54) is 6.33 Å². The molecule has 0 fully saturated rings. The Labute approximate surface area is 124 Å². The maximum Gasteiger partial charge on any atom is 0.180 e. The van der Waals surface area contributed by atoms with Gasteiger partial charge in [-0.1, -0.05) is 66.8 Å². The minimum absolute atomic E-state index is 0. The fourth-order valence-corrected chi connectivity index (χ4v) is 0.868. The van der Waals surface area contributed by atoms with E-state index in [1.54, 1.807) is 12.5 Å². The molecule has 0 spiro atoms. The molecule has 0 amide bonds. The quantitative estimate of drug-likeness (QED) is 0.585. The normalized spacial score (nSPS) is 5.53. The first kappa shape index (κ1) is 52.7. The molecule has 0 aliphatic heterocycles. The van der Waals surface area contributed by atoms with Gasteiger partial charge in [-0.05, 0) is 0 Å². The summed E-state index contributed by atoms with van der Waals surface area (Å²) in [6, 6.07) is 0. The van der Waals surface area contributed by atoms with Crippen LogP contribution in [0.2, 0.25) is 0 Å². The van der Waals surface area contributed by atoms with Crippen LogP contribution in [0.3, 0.4) is 0 Å². The third kappa shape index (κ3) is 10.2. The van der Waals surface area contributed by atoms with E-state index in [1.807, 2.05) is 11.6 Å². The van der Waals surface area contributed by atoms with E-state index in [2.05, 4.69) is 15.0 Å². The summed E-state index contributed by atoms with van der Waals surface area (Å²) in [4.78, 5) is 11.9. The van der Waals surface area contributed by atoms with Gasteiger partial charge in [0.1, 0.15) is 11.8 Å². The Morgan fingerprint density at radius 2 is 1.26 bits per heavy atom. The maximum absolute atomic E-state index is 4.03. The fourth-order valence-electron chi connectivity index (χ4n) is 0.868. The van der Waals surface area contributed by atoms with Crippen molar-refractivity contribution < 1.29 is 0 Å². The summed E-state index contributed by atoms with van der Waals surface area (Å²) < 4.78 is 1.88. The zero-order valence-electron chi connectivity index (χ0n) is 5.52. The van der Waals surface area contributed by atoms with Crippen molar-refractivity contribution in [2.75, 3.05) is 0 Å². The van der Waals surface area contributed by atoms with Crippen molar-refractivity contribution in [1.29, 1.82) is 0 Å². The second kappa shape index (κ2) is 21.8. The average molecular weight is 279 g/mol. The molecular weight excluding hydrogens is 236 g/mol. The van der Waals surface area contributed by atoms with Crippen LogP contribution in [0.5, 0.6) is 0 Å². The van der Waals surface area contributed by atoms with Gasteiger partial charge >= 0.3 is 0 Å². The van der Waals surface area contributed by atoms with E-state index >= 15 is 0 Å². The molecular formula is C15H42N4. The summed E-state index contributed by atoms with van der Waals surface area (Å²) in [7, 11) is 1.92. The number of aryl methyl sites for hydroxylation is 1. The van der Waals surface area contributed by atoms with Crippen LogP contribution >= 0.6 is 0 Å². The van der Waals surface area contributed by atoms with Crippen molar-refractivity contribution in [2.45, 2.75) is 66.8 Å². The molecule has 4 heteroatoms. The summed E-state index contributed by atoms with van der Waals surface area (Å²) >= 11 is 0. The molecule has 0 aliphatic rings. The van der Waals surface area contributed by atoms with Crippen LogP contribution in [0.15, 0.2) is 18.9 Å². The molecule has 0 radical (unpaired) electrons. The topological polar surface area (TPSA) is 43.6 Å². The first-order valence-electron chi connectivity index (χ1n) is 2.95. The molecule has 0 saturated carbocycles. The van der Waals surface area contributed by atoms with E-state index in [-0.39, 0.29) is 66.8 Å². The molecule has 0 saturated heterocycles. The smallest absolute Gasteiger partial charge is 0.180 e. The van der Waals surface area contributed by atoms with Crippen LogP contribution in [0.1, 0.15) is 66.8 Å². The largest absolute Gasteiger partial charge is 0.331 e. The highest BCUT2D eigenvalue weighted by Crippen LogP contribution is 2.03. The van der Waals surface area contributed by atoms with Gasteiger partial charge < -0.3 is 4.57 Å². The van der Waals surface area contributed by atoms with Crippen molar-refractivity contribution in [1.82, 2.24) is 19.5 Å². The lowest BCUT2D eigenvalue weighted by atomic mass is 10.5. The van der Waals surface area contributed by atoms with Gasteiger partial charge in [-0.2, -0.15) is 0 Å². The van der Waals surface area contributed by atoms with Gasteiger partial charge in [-0.25, -0.2) is 15.0 Å². The van der Waals surface area contributed by atoms with Crippen molar-refractivity contribution in [2.24, 2.45) is 7.05 Å². The third-order valence-electron chi connectivity index (χ3n) is 1.41. The molecule has 2 aromatic rings. The first-order chi connectivity index (χ1) is 4.88. The Morgan fingerprint density at radius 3 is 1.68 bits per heavy atom. The van der Waals surface area contributed by atoms with Gasteiger partial charge in [-0.15, -0.1) is 0 Å². The number of imidazole rings is 1. The van der Waals surface area contributed by atoms with Crippen LogP contribution in [0.4, 0.5) is 0 Å². The minimum atomic E-state index is 0. The Kier molecular flexibility index (Phi) is 60.5. The van der Waals surface area contributed by atoms with E-state index in [9.17, 15) is 0 Å². The first-order valence-corrected chi connectivity index (χ1v) is 2.95. The predicted octanol–water partition coefficient (Wildman–Crippen LogP) is 6.09. The number of nitrogens with zero attached hydrogens (tertiary/aromatic N) is 4. The Bertz CT molecular complexity index is 356. The Balaban J connectivity index is -0.0000000224. The summed E-state index contributed by atoms with van der Waals surface area (Å²) in [5, 5.41) is 0. The van der Waals surface area contributed by atoms with Gasteiger partial charge in [0.05, 0.1) is 12.5 Å². The molecule has 0 atom stereocenters. The summed E-state index contributed by atoms with van der Waals surface area (Å²) in [5.74, 6) is 0. The number of aromatic nitrogens is 4. The van der Waals surface area contributed by atoms with E-state index in [0.29, 0.717) is 0 Å².